The fraction of sp³-hybridized carbons (Fsp3) is 0.286. The van der Waals surface area contributed by atoms with Crippen molar-refractivity contribution in [1.82, 2.24) is 20.2 Å². The minimum absolute atomic E-state index is 0.0761. The number of sulfonamides is 1. The van der Waals surface area contributed by atoms with Gasteiger partial charge in [0.25, 0.3) is 0 Å². The van der Waals surface area contributed by atoms with E-state index < -0.39 is 16.1 Å². The highest BCUT2D eigenvalue weighted by Gasteiger charge is 2.28. The van der Waals surface area contributed by atoms with Crippen molar-refractivity contribution in [3.05, 3.63) is 58.1 Å². The lowest BCUT2D eigenvalue weighted by atomic mass is 9.89. The molecule has 2 aromatic carbocycles. The summed E-state index contributed by atoms with van der Waals surface area (Å²) in [5, 5.41) is 27.6. The summed E-state index contributed by atoms with van der Waals surface area (Å²) in [7, 11) is -2.52. The molecule has 168 valence electrons. The van der Waals surface area contributed by atoms with Gasteiger partial charge in [0.1, 0.15) is 10.6 Å². The first-order chi connectivity index (χ1) is 15.3. The van der Waals surface area contributed by atoms with Crippen molar-refractivity contribution in [3.63, 3.8) is 0 Å². The maximum absolute atomic E-state index is 12.6. The Morgan fingerprint density at radius 2 is 2.00 bits per heavy atom. The van der Waals surface area contributed by atoms with Crippen LogP contribution in [0.5, 0.6) is 5.75 Å². The Hall–Kier alpha value is -2.60. The van der Waals surface area contributed by atoms with E-state index in [0.717, 1.165) is 16.9 Å². The number of rotatable bonds is 6. The molecule has 1 heterocycles. The molecule has 0 amide bonds. The van der Waals surface area contributed by atoms with Gasteiger partial charge in [0.05, 0.1) is 19.8 Å². The molecule has 1 aromatic heterocycles. The molecule has 1 aliphatic rings. The standard InChI is InChI=1S/C21H22BrN5O4S/c1-31-16-8-2-13(3-9-16)12-27-21(24-25-26-27)19-17(14-4-6-15(28)7-5-14)10-11-18(22)20(19)32(23,29)30/h2-4,8-11,15,28H,5-7,12H2,1H3,(H2,23,29,30). The average Bonchev–Trinajstić information content (AvgIpc) is 3.21. The lowest BCUT2D eigenvalue weighted by Crippen LogP contribution is -2.17. The summed E-state index contributed by atoms with van der Waals surface area (Å²) in [6.45, 7) is 0.320. The Bertz CT molecular complexity index is 1270. The summed E-state index contributed by atoms with van der Waals surface area (Å²) < 4.78 is 32.3. The van der Waals surface area contributed by atoms with E-state index >= 15 is 0 Å². The van der Waals surface area contributed by atoms with Crippen molar-refractivity contribution in [2.75, 3.05) is 7.11 Å². The van der Waals surface area contributed by atoms with Crippen molar-refractivity contribution in [3.8, 4) is 17.1 Å². The van der Waals surface area contributed by atoms with Gasteiger partial charge in [-0.25, -0.2) is 18.2 Å². The summed E-state index contributed by atoms with van der Waals surface area (Å²) in [5.74, 6) is 1.01. The van der Waals surface area contributed by atoms with Gasteiger partial charge < -0.3 is 9.84 Å². The molecule has 0 saturated carbocycles. The van der Waals surface area contributed by atoms with E-state index in [-0.39, 0.29) is 10.7 Å². The smallest absolute Gasteiger partial charge is 0.239 e. The second-order valence-corrected chi connectivity index (χ2v) is 9.86. The number of aromatic nitrogens is 4. The molecule has 0 aliphatic heterocycles. The number of methoxy groups -OCH3 is 1. The molecule has 0 radical (unpaired) electrons. The molecule has 1 atom stereocenters. The molecule has 3 aromatic rings. The highest BCUT2D eigenvalue weighted by atomic mass is 79.9. The molecule has 0 saturated heterocycles. The summed E-state index contributed by atoms with van der Waals surface area (Å²) in [6.07, 6.45) is 3.19. The molecule has 1 aliphatic carbocycles. The minimum atomic E-state index is -4.11. The first kappa shape index (κ1) is 22.6. The first-order valence-electron chi connectivity index (χ1n) is 9.90. The monoisotopic (exact) mass is 519 g/mol. The molecule has 0 bridgehead atoms. The zero-order valence-corrected chi connectivity index (χ0v) is 19.7. The van der Waals surface area contributed by atoms with Gasteiger partial charge in [-0.3, -0.25) is 0 Å². The predicted molar refractivity (Wildman–Crippen MR) is 122 cm³/mol. The molecule has 11 heteroatoms. The van der Waals surface area contributed by atoms with E-state index in [9.17, 15) is 13.5 Å². The zero-order valence-electron chi connectivity index (χ0n) is 17.3. The highest BCUT2D eigenvalue weighted by Crippen LogP contribution is 2.40. The van der Waals surface area contributed by atoms with Gasteiger partial charge in [-0.15, -0.1) is 5.10 Å². The van der Waals surface area contributed by atoms with E-state index in [1.165, 1.54) is 0 Å². The van der Waals surface area contributed by atoms with Crippen LogP contribution >= 0.6 is 15.9 Å². The predicted octanol–water partition coefficient (Wildman–Crippen LogP) is 2.74. The average molecular weight is 520 g/mol. The highest BCUT2D eigenvalue weighted by molar-refractivity contribution is 9.10. The second-order valence-electron chi connectivity index (χ2n) is 7.51. The first-order valence-corrected chi connectivity index (χ1v) is 12.2. The molecule has 4 rings (SSSR count). The Labute approximate surface area is 194 Å². The Morgan fingerprint density at radius 3 is 2.62 bits per heavy atom. The fourth-order valence-electron chi connectivity index (χ4n) is 3.78. The minimum Gasteiger partial charge on any atom is -0.497 e. The van der Waals surface area contributed by atoms with Crippen molar-refractivity contribution < 1.29 is 18.3 Å². The zero-order chi connectivity index (χ0) is 22.9. The van der Waals surface area contributed by atoms with Crippen LogP contribution in [0, 0.1) is 0 Å². The van der Waals surface area contributed by atoms with Crippen LogP contribution in [0.25, 0.3) is 17.0 Å². The van der Waals surface area contributed by atoms with Gasteiger partial charge in [0.15, 0.2) is 5.82 Å². The molecule has 0 spiro atoms. The van der Waals surface area contributed by atoms with Gasteiger partial charge in [-0.2, -0.15) is 0 Å². The van der Waals surface area contributed by atoms with E-state index in [0.29, 0.717) is 41.4 Å². The number of aliphatic hydroxyl groups excluding tert-OH is 1. The molecule has 3 N–H and O–H groups in total. The van der Waals surface area contributed by atoms with Gasteiger partial charge in [0, 0.05) is 10.0 Å². The third-order valence-electron chi connectivity index (χ3n) is 5.37. The molecule has 1 unspecified atom stereocenters. The number of ether oxygens (including phenoxy) is 1. The van der Waals surface area contributed by atoms with Crippen molar-refractivity contribution in [2.24, 2.45) is 5.14 Å². The summed E-state index contributed by atoms with van der Waals surface area (Å²) in [4.78, 5) is -0.0761. The van der Waals surface area contributed by atoms with Crippen molar-refractivity contribution in [1.29, 1.82) is 0 Å². The molecule has 0 fully saturated rings. The second kappa shape index (κ2) is 9.10. The van der Waals surface area contributed by atoms with E-state index in [2.05, 4.69) is 31.5 Å². The van der Waals surface area contributed by atoms with Crippen LogP contribution < -0.4 is 9.88 Å². The van der Waals surface area contributed by atoms with E-state index in [4.69, 9.17) is 9.88 Å². The van der Waals surface area contributed by atoms with Gasteiger partial charge >= 0.3 is 0 Å². The number of allylic oxidation sites excluding steroid dienone is 1. The number of benzene rings is 2. The number of hydrogen-bond acceptors (Lipinski definition) is 7. The lowest BCUT2D eigenvalue weighted by Gasteiger charge is -2.21. The van der Waals surface area contributed by atoms with Gasteiger partial charge in [-0.1, -0.05) is 24.3 Å². The third-order valence-corrected chi connectivity index (χ3v) is 7.29. The summed E-state index contributed by atoms with van der Waals surface area (Å²) in [5.41, 5.74) is 2.84. The number of hydrogen-bond donors (Lipinski definition) is 2. The number of aliphatic hydroxyl groups is 1. The van der Waals surface area contributed by atoms with Crippen molar-refractivity contribution in [2.45, 2.75) is 36.8 Å². The topological polar surface area (TPSA) is 133 Å². The van der Waals surface area contributed by atoms with Gasteiger partial charge in [0.2, 0.25) is 10.0 Å². The maximum Gasteiger partial charge on any atom is 0.239 e. The van der Waals surface area contributed by atoms with Crippen LogP contribution in [0.1, 0.15) is 30.4 Å². The molecule has 9 nitrogen and oxygen atoms in total. The van der Waals surface area contributed by atoms with Crippen LogP contribution in [-0.2, 0) is 16.6 Å². The van der Waals surface area contributed by atoms with E-state index in [1.54, 1.807) is 17.9 Å². The number of halogens is 1. The molecule has 32 heavy (non-hydrogen) atoms. The Kier molecular flexibility index (Phi) is 6.42. The summed E-state index contributed by atoms with van der Waals surface area (Å²) >= 11 is 3.33. The normalized spacial score (nSPS) is 16.6. The molecular weight excluding hydrogens is 498 g/mol. The Morgan fingerprint density at radius 1 is 1.25 bits per heavy atom. The molecular formula is C21H22BrN5O4S. The quantitative estimate of drug-likeness (QED) is 0.511. The fourth-order valence-corrected chi connectivity index (χ4v) is 5.62. The largest absolute Gasteiger partial charge is 0.497 e. The summed E-state index contributed by atoms with van der Waals surface area (Å²) in [6, 6.07) is 10.9. The van der Waals surface area contributed by atoms with Crippen LogP contribution in [-0.4, -0.2) is 46.9 Å². The van der Waals surface area contributed by atoms with Gasteiger partial charge in [-0.05, 0) is 80.5 Å². The van der Waals surface area contributed by atoms with E-state index in [1.807, 2.05) is 36.4 Å². The number of nitrogens with two attached hydrogens (primary N) is 1. The van der Waals surface area contributed by atoms with Crippen LogP contribution in [0.15, 0.2) is 51.8 Å². The van der Waals surface area contributed by atoms with Crippen LogP contribution in [0.3, 0.4) is 0 Å². The lowest BCUT2D eigenvalue weighted by molar-refractivity contribution is 0.166. The van der Waals surface area contributed by atoms with Crippen LogP contribution in [0.2, 0.25) is 0 Å². The maximum atomic E-state index is 12.6. The number of primary sulfonamides is 1. The Balaban J connectivity index is 1.87. The third kappa shape index (κ3) is 4.60. The number of tetrazole rings is 1. The van der Waals surface area contributed by atoms with Crippen molar-refractivity contribution >= 4 is 31.5 Å². The number of nitrogens with zero attached hydrogens (tertiary/aromatic N) is 4. The van der Waals surface area contributed by atoms with Crippen LogP contribution in [0.4, 0.5) is 0 Å². The SMILES string of the molecule is COc1ccc(Cn2nnnc2-c2c(C3=CCC(O)CC3)ccc(Br)c2S(N)(=O)=O)cc1.